The molecule has 1 heterocycles. The molecule has 192 valence electrons. The Labute approximate surface area is 206 Å². The molecule has 0 bridgehead atoms. The van der Waals surface area contributed by atoms with Crippen molar-refractivity contribution < 1.29 is 18.3 Å². The van der Waals surface area contributed by atoms with Crippen LogP contribution in [0.15, 0.2) is 12.1 Å². The molecule has 0 aromatic heterocycles. The molecule has 2 aliphatic carbocycles. The number of hydrogen-bond acceptors (Lipinski definition) is 2. The summed E-state index contributed by atoms with van der Waals surface area (Å²) in [5.41, 5.74) is 0.438. The zero-order chi connectivity index (χ0) is 23.9. The summed E-state index contributed by atoms with van der Waals surface area (Å²) in [4.78, 5) is 0. The molecule has 1 aromatic rings. The third kappa shape index (κ3) is 6.33. The van der Waals surface area contributed by atoms with Crippen LogP contribution in [0, 0.1) is 35.3 Å². The topological polar surface area (TPSA) is 18.5 Å². The molecule has 4 heteroatoms. The Bertz CT molecular complexity index is 742. The van der Waals surface area contributed by atoms with Crippen molar-refractivity contribution in [1.82, 2.24) is 0 Å². The van der Waals surface area contributed by atoms with Crippen LogP contribution in [-0.4, -0.2) is 19.3 Å². The van der Waals surface area contributed by atoms with E-state index in [0.717, 1.165) is 30.6 Å². The number of rotatable bonds is 9. The van der Waals surface area contributed by atoms with Gasteiger partial charge in [-0.15, -0.1) is 0 Å². The van der Waals surface area contributed by atoms with Gasteiger partial charge in [0.1, 0.15) is 0 Å². The Morgan fingerprint density at radius 1 is 0.794 bits per heavy atom. The summed E-state index contributed by atoms with van der Waals surface area (Å²) >= 11 is 0. The predicted octanol–water partition coefficient (Wildman–Crippen LogP) is 8.82. The molecular weight excluding hydrogens is 430 g/mol. The highest BCUT2D eigenvalue weighted by Gasteiger charge is 2.36. The molecule has 0 spiro atoms. The van der Waals surface area contributed by atoms with E-state index in [9.17, 15) is 8.78 Å². The molecule has 2 atom stereocenters. The first-order chi connectivity index (χ1) is 16.6. The number of benzene rings is 1. The standard InChI is InChI=1S/C30H46F2O2/c1-3-5-6-7-21-8-10-22(11-9-21)23-12-14-24(15-13-23)27-18-16-25(20-34-27)26-17-19-28(33-4-2)30(32)29(26)31/h17,19,21-25,27H,3-16,18,20H2,1-2H3. The monoisotopic (exact) mass is 476 g/mol. The van der Waals surface area contributed by atoms with Gasteiger partial charge in [-0.2, -0.15) is 4.39 Å². The molecular formula is C30H46F2O2. The molecule has 2 unspecified atom stereocenters. The van der Waals surface area contributed by atoms with E-state index < -0.39 is 11.6 Å². The lowest BCUT2D eigenvalue weighted by Crippen LogP contribution is -2.35. The summed E-state index contributed by atoms with van der Waals surface area (Å²) in [6.07, 6.45) is 18.9. The van der Waals surface area contributed by atoms with Crippen molar-refractivity contribution in [2.75, 3.05) is 13.2 Å². The first-order valence-electron chi connectivity index (χ1n) is 14.3. The molecule has 1 aliphatic heterocycles. The lowest BCUT2D eigenvalue weighted by molar-refractivity contribution is -0.0469. The summed E-state index contributed by atoms with van der Waals surface area (Å²) < 4.78 is 40.4. The highest BCUT2D eigenvalue weighted by molar-refractivity contribution is 5.33. The summed E-state index contributed by atoms with van der Waals surface area (Å²) in [5.74, 6) is 1.82. The summed E-state index contributed by atoms with van der Waals surface area (Å²) in [7, 11) is 0. The van der Waals surface area contributed by atoms with Gasteiger partial charge in [-0.1, -0.05) is 51.5 Å². The maximum Gasteiger partial charge on any atom is 0.200 e. The van der Waals surface area contributed by atoms with Crippen molar-refractivity contribution in [2.45, 2.75) is 116 Å². The fourth-order valence-corrected chi connectivity index (χ4v) is 7.14. The zero-order valence-corrected chi connectivity index (χ0v) is 21.5. The Morgan fingerprint density at radius 3 is 2.09 bits per heavy atom. The molecule has 34 heavy (non-hydrogen) atoms. The van der Waals surface area contributed by atoms with E-state index in [4.69, 9.17) is 9.47 Å². The quantitative estimate of drug-likeness (QED) is 0.331. The average molecular weight is 477 g/mol. The van der Waals surface area contributed by atoms with Gasteiger partial charge >= 0.3 is 0 Å². The molecule has 0 N–H and O–H groups in total. The number of halogens is 2. The zero-order valence-electron chi connectivity index (χ0n) is 21.5. The summed E-state index contributed by atoms with van der Waals surface area (Å²) in [6, 6.07) is 3.24. The maximum absolute atomic E-state index is 14.6. The third-order valence-corrected chi connectivity index (χ3v) is 9.24. The fourth-order valence-electron chi connectivity index (χ4n) is 7.14. The molecule has 0 radical (unpaired) electrons. The summed E-state index contributed by atoms with van der Waals surface area (Å²) in [5, 5.41) is 0. The van der Waals surface area contributed by atoms with Gasteiger partial charge in [0.05, 0.1) is 19.3 Å². The largest absolute Gasteiger partial charge is 0.491 e. The highest BCUT2D eigenvalue weighted by atomic mass is 19.2. The minimum atomic E-state index is -0.866. The van der Waals surface area contributed by atoms with E-state index in [1.807, 2.05) is 0 Å². The number of unbranched alkanes of at least 4 members (excludes halogenated alkanes) is 2. The summed E-state index contributed by atoms with van der Waals surface area (Å²) in [6.45, 7) is 4.89. The molecule has 2 saturated carbocycles. The van der Waals surface area contributed by atoms with E-state index >= 15 is 0 Å². The van der Waals surface area contributed by atoms with Gasteiger partial charge in [-0.05, 0) is 93.6 Å². The smallest absolute Gasteiger partial charge is 0.200 e. The van der Waals surface area contributed by atoms with E-state index in [-0.39, 0.29) is 11.7 Å². The molecule has 3 fully saturated rings. The fraction of sp³-hybridized carbons (Fsp3) is 0.800. The predicted molar refractivity (Wildman–Crippen MR) is 134 cm³/mol. The molecule has 0 amide bonds. The molecule has 3 aliphatic rings. The second-order valence-electron chi connectivity index (χ2n) is 11.3. The SMILES string of the molecule is CCCCCC1CCC(C2CCC(C3CCC(c4ccc(OCC)c(F)c4F)CO3)CC2)CC1. The van der Waals surface area contributed by atoms with Crippen molar-refractivity contribution >= 4 is 0 Å². The first kappa shape index (κ1) is 25.9. The van der Waals surface area contributed by atoms with Crippen molar-refractivity contribution in [1.29, 1.82) is 0 Å². The van der Waals surface area contributed by atoms with Gasteiger partial charge in [0, 0.05) is 5.92 Å². The second-order valence-corrected chi connectivity index (χ2v) is 11.3. The van der Waals surface area contributed by atoms with Crippen LogP contribution in [-0.2, 0) is 4.74 Å². The normalized spacial score (nSPS) is 32.5. The Hall–Kier alpha value is -1.16. The Kier molecular flexibility index (Phi) is 9.68. The Morgan fingerprint density at radius 2 is 1.47 bits per heavy atom. The van der Waals surface area contributed by atoms with Crippen LogP contribution in [0.2, 0.25) is 0 Å². The minimum Gasteiger partial charge on any atom is -0.491 e. The average Bonchev–Trinajstić information content (AvgIpc) is 2.88. The van der Waals surface area contributed by atoms with Gasteiger partial charge in [-0.3, -0.25) is 0 Å². The van der Waals surface area contributed by atoms with Crippen LogP contribution in [0.5, 0.6) is 5.75 Å². The molecule has 1 saturated heterocycles. The van der Waals surface area contributed by atoms with Crippen LogP contribution >= 0.6 is 0 Å². The lowest BCUT2D eigenvalue weighted by Gasteiger charge is -2.41. The van der Waals surface area contributed by atoms with Crippen LogP contribution < -0.4 is 4.74 Å². The maximum atomic E-state index is 14.6. The van der Waals surface area contributed by atoms with E-state index in [0.29, 0.717) is 30.8 Å². The minimum absolute atomic E-state index is 0.0000869. The van der Waals surface area contributed by atoms with Gasteiger partial charge in [-0.25, -0.2) is 4.39 Å². The van der Waals surface area contributed by atoms with Crippen molar-refractivity contribution in [3.05, 3.63) is 29.3 Å². The highest BCUT2D eigenvalue weighted by Crippen LogP contribution is 2.45. The van der Waals surface area contributed by atoms with E-state index in [2.05, 4.69) is 6.92 Å². The van der Waals surface area contributed by atoms with Crippen LogP contribution in [0.3, 0.4) is 0 Å². The lowest BCUT2D eigenvalue weighted by atomic mass is 9.67. The number of hydrogen-bond donors (Lipinski definition) is 0. The molecule has 4 rings (SSSR count). The van der Waals surface area contributed by atoms with Gasteiger partial charge < -0.3 is 9.47 Å². The van der Waals surface area contributed by atoms with Crippen molar-refractivity contribution in [3.63, 3.8) is 0 Å². The van der Waals surface area contributed by atoms with Crippen LogP contribution in [0.4, 0.5) is 8.78 Å². The van der Waals surface area contributed by atoms with Crippen molar-refractivity contribution in [3.8, 4) is 5.75 Å². The Balaban J connectivity index is 1.19. The molecule has 1 aromatic carbocycles. The third-order valence-electron chi connectivity index (χ3n) is 9.24. The number of ether oxygens (including phenoxy) is 2. The van der Waals surface area contributed by atoms with Crippen molar-refractivity contribution in [2.24, 2.45) is 23.7 Å². The second kappa shape index (κ2) is 12.7. The van der Waals surface area contributed by atoms with Crippen LogP contribution in [0.25, 0.3) is 0 Å². The van der Waals surface area contributed by atoms with E-state index in [1.165, 1.54) is 77.0 Å². The van der Waals surface area contributed by atoms with Gasteiger partial charge in [0.25, 0.3) is 0 Å². The molecule has 2 nitrogen and oxygen atoms in total. The van der Waals surface area contributed by atoms with Crippen LogP contribution in [0.1, 0.15) is 115 Å². The van der Waals surface area contributed by atoms with Gasteiger partial charge in [0.15, 0.2) is 11.6 Å². The van der Waals surface area contributed by atoms with E-state index in [1.54, 1.807) is 19.1 Å². The first-order valence-corrected chi connectivity index (χ1v) is 14.3. The van der Waals surface area contributed by atoms with Gasteiger partial charge in [0.2, 0.25) is 5.82 Å².